The smallest absolute Gasteiger partial charge is 0.319 e. The number of rotatable bonds is 2. The Morgan fingerprint density at radius 3 is 2.27 bits per heavy atom. The van der Waals surface area contributed by atoms with Crippen molar-refractivity contribution >= 4 is 6.03 Å². The lowest BCUT2D eigenvalue weighted by molar-refractivity contribution is 0.141. The normalized spacial score (nSPS) is 25.7. The molecule has 1 rings (SSSR count). The van der Waals surface area contributed by atoms with E-state index in [1.165, 1.54) is 19.3 Å². The Bertz CT molecular complexity index is 226. The first kappa shape index (κ1) is 12.3. The molecule has 2 amide bonds. The molecule has 15 heavy (non-hydrogen) atoms. The van der Waals surface area contributed by atoms with E-state index in [1.54, 1.807) is 4.90 Å². The molecule has 1 saturated carbocycles. The second kappa shape index (κ2) is 4.86. The summed E-state index contributed by atoms with van der Waals surface area (Å²) < 4.78 is 0. The van der Waals surface area contributed by atoms with E-state index < -0.39 is 0 Å². The molecule has 0 aromatic heterocycles. The van der Waals surface area contributed by atoms with Crippen molar-refractivity contribution in [1.82, 2.24) is 9.80 Å². The van der Waals surface area contributed by atoms with Crippen LogP contribution in [0.3, 0.4) is 0 Å². The molecule has 0 saturated heterocycles. The number of urea groups is 1. The number of carbonyl (C=O) groups is 1. The van der Waals surface area contributed by atoms with Crippen molar-refractivity contribution in [3.8, 4) is 0 Å². The standard InChI is InChI=1S/C12H24N2O/c1-9(2)10-7-6-8-11(10)14(5)12(15)13(3)4/h9-11H,6-8H2,1-5H3. The van der Waals surface area contributed by atoms with Gasteiger partial charge in [0, 0.05) is 27.2 Å². The van der Waals surface area contributed by atoms with Gasteiger partial charge in [-0.05, 0) is 24.7 Å². The number of hydrogen-bond acceptors (Lipinski definition) is 1. The lowest BCUT2D eigenvalue weighted by atomic mass is 9.90. The predicted molar refractivity (Wildman–Crippen MR) is 62.8 cm³/mol. The molecule has 1 fully saturated rings. The maximum Gasteiger partial charge on any atom is 0.319 e. The van der Waals surface area contributed by atoms with Crippen molar-refractivity contribution in [2.75, 3.05) is 21.1 Å². The fourth-order valence-electron chi connectivity index (χ4n) is 2.68. The van der Waals surface area contributed by atoms with Gasteiger partial charge in [-0.15, -0.1) is 0 Å². The maximum absolute atomic E-state index is 11.8. The van der Waals surface area contributed by atoms with Gasteiger partial charge in [-0.3, -0.25) is 0 Å². The largest absolute Gasteiger partial charge is 0.331 e. The van der Waals surface area contributed by atoms with E-state index in [-0.39, 0.29) is 6.03 Å². The van der Waals surface area contributed by atoms with Gasteiger partial charge in [0.1, 0.15) is 0 Å². The number of carbonyl (C=O) groups excluding carboxylic acids is 1. The number of nitrogens with zero attached hydrogens (tertiary/aromatic N) is 2. The van der Waals surface area contributed by atoms with Crippen LogP contribution in [0.4, 0.5) is 4.79 Å². The second-order valence-corrected chi connectivity index (χ2v) is 5.19. The van der Waals surface area contributed by atoms with Gasteiger partial charge in [0.2, 0.25) is 0 Å². The summed E-state index contributed by atoms with van der Waals surface area (Å²) in [5, 5.41) is 0. The molecule has 3 heteroatoms. The lowest BCUT2D eigenvalue weighted by Gasteiger charge is -2.33. The van der Waals surface area contributed by atoms with Gasteiger partial charge in [0.15, 0.2) is 0 Å². The summed E-state index contributed by atoms with van der Waals surface area (Å²) in [4.78, 5) is 15.4. The van der Waals surface area contributed by atoms with Crippen LogP contribution in [0.15, 0.2) is 0 Å². The van der Waals surface area contributed by atoms with E-state index in [0.717, 1.165) is 0 Å². The van der Waals surface area contributed by atoms with E-state index in [2.05, 4.69) is 13.8 Å². The third-order valence-electron chi connectivity index (χ3n) is 3.57. The van der Waals surface area contributed by atoms with Crippen LogP contribution >= 0.6 is 0 Å². The van der Waals surface area contributed by atoms with Gasteiger partial charge in [-0.1, -0.05) is 20.3 Å². The molecular weight excluding hydrogens is 188 g/mol. The zero-order valence-corrected chi connectivity index (χ0v) is 10.7. The van der Waals surface area contributed by atoms with Gasteiger partial charge in [0.25, 0.3) is 0 Å². The van der Waals surface area contributed by atoms with Crippen molar-refractivity contribution in [2.24, 2.45) is 11.8 Å². The van der Waals surface area contributed by atoms with Gasteiger partial charge in [-0.25, -0.2) is 4.79 Å². The summed E-state index contributed by atoms with van der Waals surface area (Å²) in [6.07, 6.45) is 3.70. The Balaban J connectivity index is 2.66. The van der Waals surface area contributed by atoms with Gasteiger partial charge in [-0.2, -0.15) is 0 Å². The molecular formula is C12H24N2O. The Hall–Kier alpha value is -0.730. The van der Waals surface area contributed by atoms with Gasteiger partial charge >= 0.3 is 6.03 Å². The minimum Gasteiger partial charge on any atom is -0.331 e. The maximum atomic E-state index is 11.8. The number of hydrogen-bond donors (Lipinski definition) is 0. The highest BCUT2D eigenvalue weighted by molar-refractivity contribution is 5.73. The molecule has 0 aromatic rings. The average molecular weight is 212 g/mol. The molecule has 1 aliphatic carbocycles. The van der Waals surface area contributed by atoms with E-state index in [1.807, 2.05) is 26.0 Å². The Kier molecular flexibility index (Phi) is 4.00. The molecule has 0 aliphatic heterocycles. The fraction of sp³-hybridized carbons (Fsp3) is 0.917. The Morgan fingerprint density at radius 2 is 1.80 bits per heavy atom. The molecule has 1 aliphatic rings. The first-order chi connectivity index (χ1) is 6.95. The quantitative estimate of drug-likeness (QED) is 0.689. The number of amides is 2. The van der Waals surface area contributed by atoms with Gasteiger partial charge in [0.05, 0.1) is 0 Å². The molecule has 2 unspecified atom stereocenters. The molecule has 0 spiro atoms. The third-order valence-corrected chi connectivity index (χ3v) is 3.57. The van der Waals surface area contributed by atoms with E-state index in [4.69, 9.17) is 0 Å². The highest BCUT2D eigenvalue weighted by atomic mass is 16.2. The zero-order chi connectivity index (χ0) is 11.6. The first-order valence-corrected chi connectivity index (χ1v) is 5.89. The first-order valence-electron chi connectivity index (χ1n) is 5.89. The molecule has 2 atom stereocenters. The van der Waals surface area contributed by atoms with Crippen molar-refractivity contribution in [2.45, 2.75) is 39.2 Å². The second-order valence-electron chi connectivity index (χ2n) is 5.19. The SMILES string of the molecule is CC(C)C1CCCC1N(C)C(=O)N(C)C. The molecule has 3 nitrogen and oxygen atoms in total. The highest BCUT2D eigenvalue weighted by Crippen LogP contribution is 2.34. The van der Waals surface area contributed by atoms with E-state index in [9.17, 15) is 4.79 Å². The Labute approximate surface area is 93.4 Å². The summed E-state index contributed by atoms with van der Waals surface area (Å²) >= 11 is 0. The third kappa shape index (κ3) is 2.64. The fourth-order valence-corrected chi connectivity index (χ4v) is 2.68. The van der Waals surface area contributed by atoms with Crippen LogP contribution < -0.4 is 0 Å². The summed E-state index contributed by atoms with van der Waals surface area (Å²) in [5.74, 6) is 1.36. The molecule has 88 valence electrons. The minimum atomic E-state index is 0.132. The zero-order valence-electron chi connectivity index (χ0n) is 10.7. The summed E-state index contributed by atoms with van der Waals surface area (Å²) in [5.41, 5.74) is 0. The molecule has 0 N–H and O–H groups in total. The predicted octanol–water partition coefficient (Wildman–Crippen LogP) is 2.42. The molecule has 0 radical (unpaired) electrons. The van der Waals surface area contributed by atoms with E-state index in [0.29, 0.717) is 17.9 Å². The van der Waals surface area contributed by atoms with Gasteiger partial charge < -0.3 is 9.80 Å². The molecule has 0 bridgehead atoms. The summed E-state index contributed by atoms with van der Waals surface area (Å²) in [7, 11) is 5.57. The van der Waals surface area contributed by atoms with Crippen molar-refractivity contribution in [3.63, 3.8) is 0 Å². The van der Waals surface area contributed by atoms with Crippen LogP contribution in [0.2, 0.25) is 0 Å². The average Bonchev–Trinajstić information content (AvgIpc) is 2.63. The topological polar surface area (TPSA) is 23.6 Å². The Morgan fingerprint density at radius 1 is 1.20 bits per heavy atom. The molecule has 0 heterocycles. The van der Waals surface area contributed by atoms with Crippen LogP contribution in [0.25, 0.3) is 0 Å². The van der Waals surface area contributed by atoms with Crippen LogP contribution in [-0.4, -0.2) is 43.0 Å². The lowest BCUT2D eigenvalue weighted by Crippen LogP contribution is -2.45. The summed E-state index contributed by atoms with van der Waals surface area (Å²) in [6, 6.07) is 0.576. The molecule has 0 aromatic carbocycles. The highest BCUT2D eigenvalue weighted by Gasteiger charge is 2.34. The minimum absolute atomic E-state index is 0.132. The van der Waals surface area contributed by atoms with Crippen molar-refractivity contribution < 1.29 is 4.79 Å². The summed E-state index contributed by atoms with van der Waals surface area (Å²) in [6.45, 7) is 4.52. The van der Waals surface area contributed by atoms with Crippen LogP contribution in [0, 0.1) is 11.8 Å². The van der Waals surface area contributed by atoms with Crippen molar-refractivity contribution in [1.29, 1.82) is 0 Å². The van der Waals surface area contributed by atoms with Crippen LogP contribution in [-0.2, 0) is 0 Å². The van der Waals surface area contributed by atoms with Crippen molar-refractivity contribution in [3.05, 3.63) is 0 Å². The van der Waals surface area contributed by atoms with Crippen LogP contribution in [0.5, 0.6) is 0 Å². The monoisotopic (exact) mass is 212 g/mol. The van der Waals surface area contributed by atoms with Crippen LogP contribution in [0.1, 0.15) is 33.1 Å². The van der Waals surface area contributed by atoms with E-state index >= 15 is 0 Å².